The first-order valence-electron chi connectivity index (χ1n) is 6.63. The van der Waals surface area contributed by atoms with E-state index in [-0.39, 0.29) is 11.7 Å². The van der Waals surface area contributed by atoms with Crippen molar-refractivity contribution in [3.05, 3.63) is 29.8 Å². The van der Waals surface area contributed by atoms with Crippen LogP contribution in [0.3, 0.4) is 0 Å². The van der Waals surface area contributed by atoms with Crippen LogP contribution in [0.2, 0.25) is 0 Å². The molecule has 0 spiro atoms. The molecule has 1 aliphatic rings. The van der Waals surface area contributed by atoms with Gasteiger partial charge in [0.2, 0.25) is 0 Å². The summed E-state index contributed by atoms with van der Waals surface area (Å²) in [6.07, 6.45) is 2.04. The van der Waals surface area contributed by atoms with Crippen molar-refractivity contribution in [3.63, 3.8) is 0 Å². The first-order chi connectivity index (χ1) is 9.10. The van der Waals surface area contributed by atoms with Gasteiger partial charge in [-0.05, 0) is 24.0 Å². The van der Waals surface area contributed by atoms with E-state index in [0.29, 0.717) is 13.2 Å². The maximum absolute atomic E-state index is 12.6. The second kappa shape index (κ2) is 6.07. The molecule has 0 aromatic heterocycles. The summed E-state index contributed by atoms with van der Waals surface area (Å²) in [5, 5.41) is 3.29. The molecule has 1 aromatic carbocycles. The Morgan fingerprint density at radius 1 is 1.37 bits per heavy atom. The molecule has 0 radical (unpaired) electrons. The van der Waals surface area contributed by atoms with E-state index in [4.69, 9.17) is 4.74 Å². The van der Waals surface area contributed by atoms with Crippen LogP contribution >= 0.6 is 11.8 Å². The van der Waals surface area contributed by atoms with Crippen molar-refractivity contribution in [1.82, 2.24) is 5.32 Å². The van der Waals surface area contributed by atoms with Gasteiger partial charge in [-0.3, -0.25) is 4.79 Å². The predicted octanol–water partition coefficient (Wildman–Crippen LogP) is 2.45. The van der Waals surface area contributed by atoms with Crippen LogP contribution in [-0.4, -0.2) is 31.7 Å². The summed E-state index contributed by atoms with van der Waals surface area (Å²) in [5.74, 6) is 0.108. The Hall–Kier alpha value is -0.840. The fourth-order valence-electron chi connectivity index (χ4n) is 2.43. The largest absolute Gasteiger partial charge is 0.360 e. The van der Waals surface area contributed by atoms with Gasteiger partial charge in [-0.25, -0.2) is 0 Å². The molecule has 19 heavy (non-hydrogen) atoms. The lowest BCUT2D eigenvalue weighted by Crippen LogP contribution is -2.53. The van der Waals surface area contributed by atoms with Crippen LogP contribution in [0.15, 0.2) is 29.2 Å². The highest BCUT2D eigenvalue weighted by molar-refractivity contribution is 7.98. The molecule has 1 atom stereocenters. The zero-order valence-electron chi connectivity index (χ0n) is 11.7. The van der Waals surface area contributed by atoms with E-state index in [2.05, 4.69) is 5.32 Å². The lowest BCUT2D eigenvalue weighted by molar-refractivity contribution is -0.153. The molecular formula is C15H21NO2S. The Morgan fingerprint density at radius 2 is 2.05 bits per heavy atom. The van der Waals surface area contributed by atoms with E-state index in [1.807, 2.05) is 44.4 Å². The summed E-state index contributed by atoms with van der Waals surface area (Å²) in [6.45, 7) is 5.79. The number of morpholine rings is 1. The highest BCUT2D eigenvalue weighted by atomic mass is 32.2. The van der Waals surface area contributed by atoms with Crippen LogP contribution in [-0.2, 0) is 15.1 Å². The molecule has 3 nitrogen and oxygen atoms in total. The molecule has 1 unspecified atom stereocenters. The van der Waals surface area contributed by atoms with Crippen molar-refractivity contribution in [2.75, 3.05) is 26.0 Å². The molecule has 0 amide bonds. The quantitative estimate of drug-likeness (QED) is 0.859. The van der Waals surface area contributed by atoms with Gasteiger partial charge in [0.25, 0.3) is 0 Å². The summed E-state index contributed by atoms with van der Waals surface area (Å²) >= 11 is 1.70. The summed E-state index contributed by atoms with van der Waals surface area (Å²) < 4.78 is 5.93. The molecule has 0 aliphatic carbocycles. The Labute approximate surface area is 119 Å². The van der Waals surface area contributed by atoms with E-state index in [9.17, 15) is 4.79 Å². The zero-order chi connectivity index (χ0) is 13.9. The molecule has 0 saturated carbocycles. The van der Waals surface area contributed by atoms with E-state index in [1.54, 1.807) is 11.8 Å². The molecule has 2 rings (SSSR count). The topological polar surface area (TPSA) is 38.3 Å². The SMILES string of the molecule is CSc1ccc(C2(C(=O)C(C)C)CNCCO2)cc1. The molecule has 1 fully saturated rings. The van der Waals surface area contributed by atoms with Crippen molar-refractivity contribution >= 4 is 17.5 Å². The van der Waals surface area contributed by atoms with Crippen LogP contribution < -0.4 is 5.32 Å². The fraction of sp³-hybridized carbons (Fsp3) is 0.533. The third kappa shape index (κ3) is 2.86. The number of benzene rings is 1. The van der Waals surface area contributed by atoms with E-state index >= 15 is 0 Å². The van der Waals surface area contributed by atoms with E-state index in [1.165, 1.54) is 4.90 Å². The van der Waals surface area contributed by atoms with Crippen LogP contribution in [0.5, 0.6) is 0 Å². The normalized spacial score (nSPS) is 23.6. The number of hydrogen-bond acceptors (Lipinski definition) is 4. The Morgan fingerprint density at radius 3 is 2.53 bits per heavy atom. The predicted molar refractivity (Wildman–Crippen MR) is 78.6 cm³/mol. The number of thioether (sulfide) groups is 1. The zero-order valence-corrected chi connectivity index (χ0v) is 12.5. The molecule has 4 heteroatoms. The number of Topliss-reactive ketones (excluding diaryl/α,β-unsaturated/α-hetero) is 1. The number of carbonyl (C=O) groups excluding carboxylic acids is 1. The number of ether oxygens (including phenoxy) is 1. The minimum Gasteiger partial charge on any atom is -0.360 e. The maximum atomic E-state index is 12.6. The van der Waals surface area contributed by atoms with Gasteiger partial charge in [0, 0.05) is 23.9 Å². The van der Waals surface area contributed by atoms with Crippen LogP contribution in [0, 0.1) is 5.92 Å². The summed E-state index contributed by atoms with van der Waals surface area (Å²) in [5.41, 5.74) is 0.139. The van der Waals surface area contributed by atoms with Gasteiger partial charge < -0.3 is 10.1 Å². The second-order valence-electron chi connectivity index (χ2n) is 5.10. The van der Waals surface area contributed by atoms with E-state index < -0.39 is 5.60 Å². The first kappa shape index (κ1) is 14.6. The lowest BCUT2D eigenvalue weighted by Gasteiger charge is -2.38. The van der Waals surface area contributed by atoms with Crippen molar-refractivity contribution in [1.29, 1.82) is 0 Å². The lowest BCUT2D eigenvalue weighted by atomic mass is 9.83. The number of rotatable bonds is 4. The van der Waals surface area contributed by atoms with Crippen LogP contribution in [0.25, 0.3) is 0 Å². The van der Waals surface area contributed by atoms with Crippen molar-refractivity contribution < 1.29 is 9.53 Å². The summed E-state index contributed by atoms with van der Waals surface area (Å²) in [6, 6.07) is 8.12. The Balaban J connectivity index is 2.38. The molecule has 1 saturated heterocycles. The van der Waals surface area contributed by atoms with Gasteiger partial charge in [0.05, 0.1) is 6.61 Å². The molecule has 104 valence electrons. The third-order valence-electron chi connectivity index (χ3n) is 3.48. The monoisotopic (exact) mass is 279 g/mol. The third-order valence-corrected chi connectivity index (χ3v) is 4.22. The molecular weight excluding hydrogens is 258 g/mol. The minimum atomic E-state index is -0.816. The minimum absolute atomic E-state index is 0.0415. The first-order valence-corrected chi connectivity index (χ1v) is 7.86. The Kier molecular flexibility index (Phi) is 4.66. The van der Waals surface area contributed by atoms with Gasteiger partial charge in [-0.15, -0.1) is 11.8 Å². The average Bonchev–Trinajstić information content (AvgIpc) is 2.47. The standard InChI is InChI=1S/C15H21NO2S/c1-11(2)14(17)15(10-16-8-9-18-15)12-4-6-13(19-3)7-5-12/h4-7,11,16H,8-10H2,1-3H3. The molecule has 1 aromatic rings. The van der Waals surface area contributed by atoms with Crippen molar-refractivity contribution in [2.45, 2.75) is 24.3 Å². The molecule has 1 N–H and O–H groups in total. The Bertz CT molecular complexity index is 436. The van der Waals surface area contributed by atoms with Gasteiger partial charge in [0.1, 0.15) is 0 Å². The van der Waals surface area contributed by atoms with Gasteiger partial charge in [-0.1, -0.05) is 26.0 Å². The van der Waals surface area contributed by atoms with Gasteiger partial charge in [-0.2, -0.15) is 0 Å². The van der Waals surface area contributed by atoms with Crippen molar-refractivity contribution in [3.8, 4) is 0 Å². The maximum Gasteiger partial charge on any atom is 0.173 e. The van der Waals surface area contributed by atoms with Crippen molar-refractivity contribution in [2.24, 2.45) is 5.92 Å². The summed E-state index contributed by atoms with van der Waals surface area (Å²) in [7, 11) is 0. The summed E-state index contributed by atoms with van der Waals surface area (Å²) in [4.78, 5) is 13.8. The highest BCUT2D eigenvalue weighted by Crippen LogP contribution is 2.32. The van der Waals surface area contributed by atoms with E-state index in [0.717, 1.165) is 12.1 Å². The molecule has 0 bridgehead atoms. The van der Waals surface area contributed by atoms with Gasteiger partial charge in [0.15, 0.2) is 11.4 Å². The smallest absolute Gasteiger partial charge is 0.173 e. The van der Waals surface area contributed by atoms with Gasteiger partial charge >= 0.3 is 0 Å². The average molecular weight is 279 g/mol. The number of hydrogen-bond donors (Lipinski definition) is 1. The van der Waals surface area contributed by atoms with Crippen LogP contribution in [0.4, 0.5) is 0 Å². The number of nitrogens with one attached hydrogen (secondary N) is 1. The van der Waals surface area contributed by atoms with Crippen LogP contribution in [0.1, 0.15) is 19.4 Å². The fourth-order valence-corrected chi connectivity index (χ4v) is 2.83. The molecule has 1 aliphatic heterocycles. The highest BCUT2D eigenvalue weighted by Gasteiger charge is 2.43. The number of carbonyl (C=O) groups is 1. The molecule has 1 heterocycles. The number of ketones is 1. The second-order valence-corrected chi connectivity index (χ2v) is 5.98.